The van der Waals surface area contributed by atoms with Gasteiger partial charge in [-0.15, -0.1) is 0 Å². The Balaban J connectivity index is 4.34. The van der Waals surface area contributed by atoms with E-state index in [1.165, 1.54) is 11.4 Å². The summed E-state index contributed by atoms with van der Waals surface area (Å²) >= 11 is 1.30. The third-order valence-electron chi connectivity index (χ3n) is 1.69. The third kappa shape index (κ3) is 10.1. The van der Waals surface area contributed by atoms with Crippen molar-refractivity contribution in [1.82, 2.24) is 0 Å². The molecule has 0 aromatic carbocycles. The Morgan fingerprint density at radius 2 is 1.47 bits per heavy atom. The average molecular weight is 284 g/mol. The summed E-state index contributed by atoms with van der Waals surface area (Å²) in [6.07, 6.45) is -0.174. The van der Waals surface area contributed by atoms with Crippen LogP contribution in [0, 0.1) is 0 Å². The zero-order chi connectivity index (χ0) is 13.7. The minimum atomic E-state index is -3.01. The summed E-state index contributed by atoms with van der Waals surface area (Å²) in [5.41, 5.74) is 0. The Morgan fingerprint density at radius 1 is 1.06 bits per heavy atom. The molecular formula is C11H27NO3PS+. The molecule has 0 amide bonds. The highest BCUT2D eigenvalue weighted by molar-refractivity contribution is 8.55. The third-order valence-corrected chi connectivity index (χ3v) is 5.75. The second-order valence-corrected chi connectivity index (χ2v) is 9.70. The zero-order valence-corrected chi connectivity index (χ0v) is 13.8. The molecule has 0 aliphatic heterocycles. The second kappa shape index (κ2) is 7.15. The summed E-state index contributed by atoms with van der Waals surface area (Å²) < 4.78 is 24.2. The average Bonchev–Trinajstić information content (AvgIpc) is 1.95. The lowest BCUT2D eigenvalue weighted by Crippen LogP contribution is -2.36. The number of nitrogens with zero attached hydrogens (tertiary/aromatic N) is 1. The van der Waals surface area contributed by atoms with E-state index in [0.29, 0.717) is 0 Å². The standard InChI is InChI=1S/C11H27NO3PS/c1-10(2)14-16(13,15-11(3)4)17-9-8-12(5,6)7/h10-11H,8-9H2,1-7H3/q+1. The maximum absolute atomic E-state index is 12.4. The first-order chi connectivity index (χ1) is 7.54. The van der Waals surface area contributed by atoms with Crippen molar-refractivity contribution < 1.29 is 18.1 Å². The van der Waals surface area contributed by atoms with Gasteiger partial charge in [0, 0.05) is 0 Å². The normalized spacial score (nSPS) is 13.7. The van der Waals surface area contributed by atoms with Gasteiger partial charge in [0.15, 0.2) is 0 Å². The minimum Gasteiger partial charge on any atom is -0.330 e. The Hall–Kier alpha value is 0.460. The smallest absolute Gasteiger partial charge is 0.330 e. The van der Waals surface area contributed by atoms with E-state index >= 15 is 0 Å². The minimum absolute atomic E-state index is 0.0868. The van der Waals surface area contributed by atoms with Crippen LogP contribution in [0.25, 0.3) is 0 Å². The van der Waals surface area contributed by atoms with Crippen molar-refractivity contribution in [2.45, 2.75) is 39.9 Å². The van der Waals surface area contributed by atoms with E-state index in [1.807, 2.05) is 27.7 Å². The van der Waals surface area contributed by atoms with Crippen LogP contribution in [0.1, 0.15) is 27.7 Å². The molecule has 6 heteroatoms. The first-order valence-electron chi connectivity index (χ1n) is 5.96. The van der Waals surface area contributed by atoms with Gasteiger partial charge in [-0.2, -0.15) is 0 Å². The first kappa shape index (κ1) is 17.5. The largest absolute Gasteiger partial charge is 0.389 e. The molecule has 0 aliphatic carbocycles. The predicted molar refractivity (Wildman–Crippen MR) is 75.4 cm³/mol. The monoisotopic (exact) mass is 284 g/mol. The van der Waals surface area contributed by atoms with Crippen molar-refractivity contribution in [1.29, 1.82) is 0 Å². The number of quaternary nitrogens is 1. The van der Waals surface area contributed by atoms with Gasteiger partial charge in [0.2, 0.25) is 0 Å². The van der Waals surface area contributed by atoms with Crippen molar-refractivity contribution in [3.63, 3.8) is 0 Å². The van der Waals surface area contributed by atoms with E-state index in [1.54, 1.807) is 0 Å². The highest BCUT2D eigenvalue weighted by atomic mass is 32.7. The summed E-state index contributed by atoms with van der Waals surface area (Å²) in [6.45, 7) is 5.40. The van der Waals surface area contributed by atoms with Gasteiger partial charge in [-0.3, -0.25) is 9.05 Å². The number of hydrogen-bond donors (Lipinski definition) is 0. The van der Waals surface area contributed by atoms with Gasteiger partial charge < -0.3 is 4.48 Å². The Bertz CT molecular complexity index is 250. The van der Waals surface area contributed by atoms with Crippen LogP contribution in [0.15, 0.2) is 0 Å². The predicted octanol–water partition coefficient (Wildman–Crippen LogP) is 3.38. The van der Waals surface area contributed by atoms with Crippen molar-refractivity contribution in [2.75, 3.05) is 33.4 Å². The second-order valence-electron chi connectivity index (χ2n) is 5.60. The summed E-state index contributed by atoms with van der Waals surface area (Å²) in [5, 5.41) is 0. The summed E-state index contributed by atoms with van der Waals surface area (Å²) in [6, 6.07) is 0. The van der Waals surface area contributed by atoms with Crippen LogP contribution < -0.4 is 0 Å². The van der Waals surface area contributed by atoms with Gasteiger partial charge in [-0.05, 0) is 39.1 Å². The van der Waals surface area contributed by atoms with Crippen molar-refractivity contribution in [2.24, 2.45) is 0 Å². The van der Waals surface area contributed by atoms with Crippen LogP contribution in [0.3, 0.4) is 0 Å². The molecule has 0 aliphatic rings. The summed E-state index contributed by atoms with van der Waals surface area (Å²) in [7, 11) is 6.33. The molecule has 0 bridgehead atoms. The molecule has 0 heterocycles. The molecule has 0 fully saturated rings. The van der Waals surface area contributed by atoms with E-state index in [0.717, 1.165) is 16.8 Å². The van der Waals surface area contributed by atoms with Gasteiger partial charge in [-0.1, -0.05) is 0 Å². The van der Waals surface area contributed by atoms with Crippen LogP contribution in [0.4, 0.5) is 0 Å². The van der Waals surface area contributed by atoms with Crippen LogP contribution in [0.5, 0.6) is 0 Å². The number of rotatable bonds is 8. The zero-order valence-electron chi connectivity index (χ0n) is 12.1. The van der Waals surface area contributed by atoms with Crippen LogP contribution in [-0.4, -0.2) is 50.1 Å². The summed E-state index contributed by atoms with van der Waals surface area (Å²) in [4.78, 5) is 0. The lowest BCUT2D eigenvalue weighted by Gasteiger charge is -2.26. The highest BCUT2D eigenvalue weighted by Gasteiger charge is 2.29. The van der Waals surface area contributed by atoms with E-state index < -0.39 is 6.80 Å². The van der Waals surface area contributed by atoms with Crippen LogP contribution >= 0.6 is 18.2 Å². The molecule has 0 aromatic heterocycles. The quantitative estimate of drug-likeness (QED) is 0.505. The van der Waals surface area contributed by atoms with Gasteiger partial charge in [0.1, 0.15) is 0 Å². The van der Waals surface area contributed by atoms with Gasteiger partial charge in [0.25, 0.3) is 0 Å². The molecule has 0 saturated heterocycles. The Kier molecular flexibility index (Phi) is 7.34. The molecule has 4 nitrogen and oxygen atoms in total. The molecular weight excluding hydrogens is 257 g/mol. The fourth-order valence-electron chi connectivity index (χ4n) is 1.03. The van der Waals surface area contributed by atoms with Crippen molar-refractivity contribution >= 4 is 18.2 Å². The SMILES string of the molecule is CC(C)OP(=O)(OC(C)C)SCC[N+](C)(C)C. The van der Waals surface area contributed by atoms with E-state index in [9.17, 15) is 4.57 Å². The number of hydrogen-bond acceptors (Lipinski definition) is 4. The molecule has 0 radical (unpaired) electrons. The van der Waals surface area contributed by atoms with E-state index in [4.69, 9.17) is 9.05 Å². The van der Waals surface area contributed by atoms with E-state index in [2.05, 4.69) is 21.1 Å². The maximum Gasteiger partial charge on any atom is 0.389 e. The maximum atomic E-state index is 12.4. The highest BCUT2D eigenvalue weighted by Crippen LogP contribution is 2.62. The fourth-order valence-corrected chi connectivity index (χ4v) is 5.40. The van der Waals surface area contributed by atoms with Crippen molar-refractivity contribution in [3.05, 3.63) is 0 Å². The molecule has 104 valence electrons. The first-order valence-corrected chi connectivity index (χ1v) is 9.09. The molecule has 0 unspecified atom stereocenters. The van der Waals surface area contributed by atoms with Gasteiger partial charge in [-0.25, -0.2) is 4.57 Å². The molecule has 0 N–H and O–H groups in total. The van der Waals surface area contributed by atoms with Gasteiger partial charge in [0.05, 0.1) is 45.6 Å². The molecule has 0 saturated carbocycles. The lowest BCUT2D eigenvalue weighted by molar-refractivity contribution is -0.867. The fraction of sp³-hybridized carbons (Fsp3) is 1.00. The lowest BCUT2D eigenvalue weighted by atomic mass is 10.5. The Morgan fingerprint density at radius 3 is 1.76 bits per heavy atom. The van der Waals surface area contributed by atoms with Crippen molar-refractivity contribution in [3.8, 4) is 0 Å². The van der Waals surface area contributed by atoms with Crippen LogP contribution in [0.2, 0.25) is 0 Å². The molecule has 0 atom stereocenters. The molecule has 17 heavy (non-hydrogen) atoms. The molecule has 0 spiro atoms. The van der Waals surface area contributed by atoms with Crippen LogP contribution in [-0.2, 0) is 13.6 Å². The van der Waals surface area contributed by atoms with Gasteiger partial charge >= 0.3 is 6.80 Å². The summed E-state index contributed by atoms with van der Waals surface area (Å²) in [5.74, 6) is 0.764. The molecule has 0 aromatic rings. The molecule has 0 rings (SSSR count). The van der Waals surface area contributed by atoms with E-state index in [-0.39, 0.29) is 12.2 Å². The topological polar surface area (TPSA) is 35.5 Å². The Labute approximate surface area is 110 Å².